The first kappa shape index (κ1) is 16.0. The quantitative estimate of drug-likeness (QED) is 0.603. The van der Waals surface area contributed by atoms with Gasteiger partial charge in [-0.3, -0.25) is 0 Å². The largest absolute Gasteiger partial charge is 0.363 e. The Morgan fingerprint density at radius 1 is 1.06 bits per heavy atom. The van der Waals surface area contributed by atoms with Gasteiger partial charge >= 0.3 is 0 Å². The second-order valence-electron chi connectivity index (χ2n) is 4.62. The van der Waals surface area contributed by atoms with Crippen molar-refractivity contribution in [2.24, 2.45) is 0 Å². The maximum absolute atomic E-state index is 5.74. The van der Waals surface area contributed by atoms with Crippen LogP contribution < -0.4 is 0 Å². The third-order valence-electron chi connectivity index (χ3n) is 3.28. The molecule has 0 fully saturated rings. The molecule has 0 N–H and O–H groups in total. The lowest BCUT2D eigenvalue weighted by molar-refractivity contribution is -0.0631. The van der Waals surface area contributed by atoms with Gasteiger partial charge in [0.05, 0.1) is 12.2 Å². The van der Waals surface area contributed by atoms with Gasteiger partial charge in [0.15, 0.2) is 0 Å². The minimum atomic E-state index is -0.471. The fraction of sp³-hybridized carbons (Fsp3) is 0.733. The molecule has 0 radical (unpaired) electrons. The Hall–Kier alpha value is -0.960. The van der Waals surface area contributed by atoms with Gasteiger partial charge in [-0.15, -0.1) is 12.8 Å². The van der Waals surface area contributed by atoms with Crippen molar-refractivity contribution in [3.63, 3.8) is 0 Å². The molecule has 0 heterocycles. The lowest BCUT2D eigenvalue weighted by Gasteiger charge is -2.30. The Bertz CT molecular complexity index is 297. The van der Waals surface area contributed by atoms with Crippen molar-refractivity contribution in [2.75, 3.05) is 13.2 Å². The molecule has 0 saturated carbocycles. The first-order valence-electron chi connectivity index (χ1n) is 6.14. The summed E-state index contributed by atoms with van der Waals surface area (Å²) in [5.41, 5.74) is -0.698. The molecule has 0 aromatic rings. The van der Waals surface area contributed by atoms with Crippen LogP contribution in [-0.4, -0.2) is 24.4 Å². The molecule has 0 aliphatic carbocycles. The third kappa shape index (κ3) is 5.78. The number of hydrogen-bond donors (Lipinski definition) is 0. The summed E-state index contributed by atoms with van der Waals surface area (Å²) in [6, 6.07) is 0. The maximum Gasteiger partial charge on any atom is 0.125 e. The molecule has 0 aliphatic heterocycles. The van der Waals surface area contributed by atoms with E-state index < -0.39 is 5.60 Å². The second kappa shape index (κ2) is 7.38. The van der Waals surface area contributed by atoms with Crippen LogP contribution in [0.2, 0.25) is 0 Å². The van der Waals surface area contributed by atoms with Gasteiger partial charge in [0.25, 0.3) is 0 Å². The molecule has 96 valence electrons. The van der Waals surface area contributed by atoms with Crippen LogP contribution in [0.15, 0.2) is 0 Å². The van der Waals surface area contributed by atoms with E-state index in [1.54, 1.807) is 0 Å². The zero-order valence-electron chi connectivity index (χ0n) is 11.5. The first-order chi connectivity index (χ1) is 7.95. The fourth-order valence-corrected chi connectivity index (χ4v) is 1.30. The van der Waals surface area contributed by atoms with E-state index in [-0.39, 0.29) is 5.60 Å². The van der Waals surface area contributed by atoms with Crippen molar-refractivity contribution in [1.82, 2.24) is 0 Å². The van der Waals surface area contributed by atoms with Crippen molar-refractivity contribution in [3.8, 4) is 24.7 Å². The van der Waals surface area contributed by atoms with Gasteiger partial charge in [-0.25, -0.2) is 0 Å². The van der Waals surface area contributed by atoms with Crippen LogP contribution in [0.3, 0.4) is 0 Å². The van der Waals surface area contributed by atoms with E-state index >= 15 is 0 Å². The van der Waals surface area contributed by atoms with Gasteiger partial charge in [0, 0.05) is 0 Å². The highest BCUT2D eigenvalue weighted by atomic mass is 16.5. The van der Waals surface area contributed by atoms with Gasteiger partial charge < -0.3 is 9.47 Å². The number of ether oxygens (including phenoxy) is 2. The molecule has 0 rings (SSSR count). The summed E-state index contributed by atoms with van der Waals surface area (Å²) in [6.45, 7) is 9.00. The average molecular weight is 236 g/mol. The van der Waals surface area contributed by atoms with Gasteiger partial charge in [0.1, 0.15) is 12.2 Å². The summed E-state index contributed by atoms with van der Waals surface area (Å²) >= 11 is 0. The smallest absolute Gasteiger partial charge is 0.125 e. The Kier molecular flexibility index (Phi) is 6.97. The van der Waals surface area contributed by atoms with Crippen molar-refractivity contribution in [3.05, 3.63) is 0 Å². The summed E-state index contributed by atoms with van der Waals surface area (Å²) in [5, 5.41) is 0. The SMILES string of the molecule is C#CCOC(C)(CC)CCOC(C)(C#C)CC. The fourth-order valence-electron chi connectivity index (χ4n) is 1.30. The zero-order valence-corrected chi connectivity index (χ0v) is 11.5. The molecule has 2 atom stereocenters. The average Bonchev–Trinajstić information content (AvgIpc) is 2.36. The summed E-state index contributed by atoms with van der Waals surface area (Å²) in [6.07, 6.45) is 13.1. The van der Waals surface area contributed by atoms with E-state index in [4.69, 9.17) is 22.3 Å². The van der Waals surface area contributed by atoms with Crippen LogP contribution >= 0.6 is 0 Å². The first-order valence-corrected chi connectivity index (χ1v) is 6.14. The zero-order chi connectivity index (χ0) is 13.4. The van der Waals surface area contributed by atoms with E-state index in [9.17, 15) is 0 Å². The highest BCUT2D eigenvalue weighted by molar-refractivity contribution is 5.05. The molecule has 0 amide bonds. The summed E-state index contributed by atoms with van der Waals surface area (Å²) < 4.78 is 11.4. The van der Waals surface area contributed by atoms with Crippen LogP contribution in [0.1, 0.15) is 47.0 Å². The normalized spacial score (nSPS) is 17.5. The predicted octanol–water partition coefficient (Wildman–Crippen LogP) is 3.01. The summed E-state index contributed by atoms with van der Waals surface area (Å²) in [5.74, 6) is 5.17. The van der Waals surface area contributed by atoms with Crippen molar-refractivity contribution >= 4 is 0 Å². The second-order valence-corrected chi connectivity index (χ2v) is 4.62. The molecule has 0 aromatic heterocycles. The molecule has 0 saturated heterocycles. The summed E-state index contributed by atoms with van der Waals surface area (Å²) in [4.78, 5) is 0. The highest BCUT2D eigenvalue weighted by Crippen LogP contribution is 2.22. The molecule has 0 spiro atoms. The molecule has 0 aromatic carbocycles. The van der Waals surface area contributed by atoms with Crippen LogP contribution in [0.25, 0.3) is 0 Å². The molecule has 2 heteroatoms. The van der Waals surface area contributed by atoms with Crippen molar-refractivity contribution in [1.29, 1.82) is 0 Å². The minimum Gasteiger partial charge on any atom is -0.363 e. The Morgan fingerprint density at radius 2 is 1.71 bits per heavy atom. The van der Waals surface area contributed by atoms with Gasteiger partial charge in [0.2, 0.25) is 0 Å². The topological polar surface area (TPSA) is 18.5 Å². The van der Waals surface area contributed by atoms with Crippen molar-refractivity contribution < 1.29 is 9.47 Å². The monoisotopic (exact) mass is 236 g/mol. The number of hydrogen-bond acceptors (Lipinski definition) is 2. The molecule has 2 nitrogen and oxygen atoms in total. The predicted molar refractivity (Wildman–Crippen MR) is 71.6 cm³/mol. The third-order valence-corrected chi connectivity index (χ3v) is 3.28. The van der Waals surface area contributed by atoms with E-state index in [1.165, 1.54) is 0 Å². The van der Waals surface area contributed by atoms with E-state index in [1.807, 2.05) is 20.8 Å². The number of rotatable bonds is 8. The minimum absolute atomic E-state index is 0.227. The van der Waals surface area contributed by atoms with E-state index in [2.05, 4.69) is 18.8 Å². The Morgan fingerprint density at radius 3 is 2.12 bits per heavy atom. The molecule has 0 bridgehead atoms. The van der Waals surface area contributed by atoms with Crippen LogP contribution in [0.4, 0.5) is 0 Å². The van der Waals surface area contributed by atoms with E-state index in [0.29, 0.717) is 13.2 Å². The van der Waals surface area contributed by atoms with Crippen LogP contribution in [0.5, 0.6) is 0 Å². The molecule has 17 heavy (non-hydrogen) atoms. The lowest BCUT2D eigenvalue weighted by Crippen LogP contribution is -2.33. The molecule has 2 unspecified atom stereocenters. The molecule has 0 aliphatic rings. The van der Waals surface area contributed by atoms with Crippen LogP contribution in [-0.2, 0) is 9.47 Å². The molecular formula is C15H24O2. The number of terminal acetylenes is 2. The lowest BCUT2D eigenvalue weighted by atomic mass is 9.99. The maximum atomic E-state index is 5.74. The molecular weight excluding hydrogens is 212 g/mol. The van der Waals surface area contributed by atoms with Crippen molar-refractivity contribution in [2.45, 2.75) is 58.2 Å². The Labute approximate surface area is 106 Å². The van der Waals surface area contributed by atoms with E-state index in [0.717, 1.165) is 19.3 Å². The standard InChI is InChI=1S/C15H24O2/c1-7-12-16-15(6,10-4)11-13-17-14(5,8-2)9-3/h1-2H,9-13H2,3-6H3. The highest BCUT2D eigenvalue weighted by Gasteiger charge is 2.25. The van der Waals surface area contributed by atoms with Gasteiger partial charge in [-0.1, -0.05) is 25.7 Å². The van der Waals surface area contributed by atoms with Crippen LogP contribution in [0, 0.1) is 24.7 Å². The summed E-state index contributed by atoms with van der Waals surface area (Å²) in [7, 11) is 0. The van der Waals surface area contributed by atoms with Gasteiger partial charge in [-0.05, 0) is 33.1 Å². The van der Waals surface area contributed by atoms with Gasteiger partial charge in [-0.2, -0.15) is 0 Å². The Balaban J connectivity index is 4.17.